The van der Waals surface area contributed by atoms with Crippen LogP contribution >= 0.6 is 22.6 Å². The molecule has 1 aliphatic rings. The summed E-state index contributed by atoms with van der Waals surface area (Å²) in [6.07, 6.45) is 0.941. The van der Waals surface area contributed by atoms with Crippen molar-refractivity contribution in [3.05, 3.63) is 33.4 Å². The number of likely N-dealkylation sites (N-methyl/N-ethyl adjacent to an activating group) is 2. The normalized spacial score (nSPS) is 20.4. The molecule has 0 spiro atoms. The van der Waals surface area contributed by atoms with Crippen LogP contribution in [0.2, 0.25) is 0 Å². The molecule has 1 saturated heterocycles. The minimum Gasteiger partial charge on any atom is -0.344 e. The lowest BCUT2D eigenvalue weighted by atomic mass is 10.1. The molecule has 1 heterocycles. The number of nitrogens with zero attached hydrogens (tertiary/aromatic N) is 2. The van der Waals surface area contributed by atoms with Gasteiger partial charge >= 0.3 is 0 Å². The van der Waals surface area contributed by atoms with Crippen LogP contribution in [0, 0.1) is 3.57 Å². The first-order valence-electron chi connectivity index (χ1n) is 5.77. The van der Waals surface area contributed by atoms with E-state index in [0.717, 1.165) is 19.5 Å². The summed E-state index contributed by atoms with van der Waals surface area (Å²) in [7, 11) is 3.90. The molecule has 0 radical (unpaired) electrons. The molecule has 1 fully saturated rings. The number of likely N-dealkylation sites (tertiary alicyclic amines) is 1. The molecule has 0 N–H and O–H groups in total. The maximum atomic E-state index is 11.9. The van der Waals surface area contributed by atoms with Crippen LogP contribution in [0.5, 0.6) is 0 Å². The predicted octanol–water partition coefficient (Wildman–Crippen LogP) is 1.95. The number of benzene rings is 1. The van der Waals surface area contributed by atoms with Gasteiger partial charge < -0.3 is 4.90 Å². The van der Waals surface area contributed by atoms with Gasteiger partial charge in [0.15, 0.2) is 0 Å². The molecule has 0 aliphatic carbocycles. The summed E-state index contributed by atoms with van der Waals surface area (Å²) in [5, 5.41) is 0. The first-order chi connectivity index (χ1) is 8.08. The van der Waals surface area contributed by atoms with Gasteiger partial charge in [0.05, 0.1) is 6.04 Å². The van der Waals surface area contributed by atoms with E-state index in [9.17, 15) is 4.79 Å². The van der Waals surface area contributed by atoms with Gasteiger partial charge in [-0.3, -0.25) is 9.69 Å². The largest absolute Gasteiger partial charge is 0.344 e. The molecule has 0 saturated carbocycles. The van der Waals surface area contributed by atoms with Gasteiger partial charge in [-0.1, -0.05) is 12.1 Å². The second kappa shape index (κ2) is 5.35. The lowest BCUT2D eigenvalue weighted by Crippen LogP contribution is -2.38. The molecule has 17 heavy (non-hydrogen) atoms. The fraction of sp³-hybridized carbons (Fsp3) is 0.462. The average Bonchev–Trinajstić information content (AvgIpc) is 2.63. The number of hydrogen-bond acceptors (Lipinski definition) is 2. The van der Waals surface area contributed by atoms with Crippen LogP contribution < -0.4 is 0 Å². The topological polar surface area (TPSA) is 23.6 Å². The SMILES string of the molecule is CN1CCC(N(C)Cc2ccc(I)cc2)C1=O. The molecule has 1 atom stereocenters. The highest BCUT2D eigenvalue weighted by Gasteiger charge is 2.31. The summed E-state index contributed by atoms with van der Waals surface area (Å²) in [4.78, 5) is 15.8. The lowest BCUT2D eigenvalue weighted by molar-refractivity contribution is -0.130. The van der Waals surface area contributed by atoms with Gasteiger partial charge in [-0.05, 0) is 53.8 Å². The molecule has 1 aliphatic heterocycles. The van der Waals surface area contributed by atoms with E-state index in [1.54, 1.807) is 0 Å². The summed E-state index contributed by atoms with van der Waals surface area (Å²) in [6.45, 7) is 1.71. The van der Waals surface area contributed by atoms with E-state index in [2.05, 4.69) is 51.8 Å². The number of hydrogen-bond donors (Lipinski definition) is 0. The predicted molar refractivity (Wildman–Crippen MR) is 76.7 cm³/mol. The minimum absolute atomic E-state index is 0.0549. The van der Waals surface area contributed by atoms with E-state index in [0.29, 0.717) is 0 Å². The van der Waals surface area contributed by atoms with Gasteiger partial charge in [-0.25, -0.2) is 0 Å². The minimum atomic E-state index is 0.0549. The standard InChI is InChI=1S/C13H17IN2O/c1-15-8-7-12(13(15)17)16(2)9-10-3-5-11(14)6-4-10/h3-6,12H,7-9H2,1-2H3. The Labute approximate surface area is 116 Å². The number of carbonyl (C=O) groups excluding carboxylic acids is 1. The van der Waals surface area contributed by atoms with Crippen molar-refractivity contribution >= 4 is 28.5 Å². The zero-order valence-electron chi connectivity index (χ0n) is 10.2. The summed E-state index contributed by atoms with van der Waals surface area (Å²) in [5.41, 5.74) is 1.26. The van der Waals surface area contributed by atoms with Crippen molar-refractivity contribution in [2.45, 2.75) is 19.0 Å². The smallest absolute Gasteiger partial charge is 0.239 e. The van der Waals surface area contributed by atoms with Crippen LogP contribution in [-0.4, -0.2) is 42.4 Å². The Balaban J connectivity index is 1.99. The fourth-order valence-corrected chi connectivity index (χ4v) is 2.56. The van der Waals surface area contributed by atoms with E-state index in [4.69, 9.17) is 0 Å². The maximum Gasteiger partial charge on any atom is 0.239 e. The molecule has 1 aromatic rings. The fourth-order valence-electron chi connectivity index (χ4n) is 2.20. The Kier molecular flexibility index (Phi) is 4.04. The number of rotatable bonds is 3. The van der Waals surface area contributed by atoms with E-state index >= 15 is 0 Å². The van der Waals surface area contributed by atoms with Crippen LogP contribution in [0.4, 0.5) is 0 Å². The molecule has 0 aromatic heterocycles. The van der Waals surface area contributed by atoms with E-state index in [-0.39, 0.29) is 11.9 Å². The lowest BCUT2D eigenvalue weighted by Gasteiger charge is -2.22. The van der Waals surface area contributed by atoms with E-state index < -0.39 is 0 Å². The van der Waals surface area contributed by atoms with Crippen molar-refractivity contribution < 1.29 is 4.79 Å². The molecule has 4 heteroatoms. The van der Waals surface area contributed by atoms with E-state index in [1.807, 2.05) is 19.0 Å². The van der Waals surface area contributed by atoms with Crippen LogP contribution in [0.25, 0.3) is 0 Å². The zero-order valence-corrected chi connectivity index (χ0v) is 12.3. The molecule has 0 bridgehead atoms. The van der Waals surface area contributed by atoms with Crippen LogP contribution in [0.15, 0.2) is 24.3 Å². The maximum absolute atomic E-state index is 11.9. The third-order valence-corrected chi connectivity index (χ3v) is 4.00. The number of carbonyl (C=O) groups is 1. The quantitative estimate of drug-likeness (QED) is 0.783. The summed E-state index contributed by atoms with van der Waals surface area (Å²) in [6, 6.07) is 8.51. The second-order valence-electron chi connectivity index (χ2n) is 4.61. The molecule has 1 aromatic carbocycles. The molecule has 3 nitrogen and oxygen atoms in total. The first kappa shape index (κ1) is 12.8. The van der Waals surface area contributed by atoms with Gasteiger partial charge in [0.25, 0.3) is 0 Å². The number of amides is 1. The second-order valence-corrected chi connectivity index (χ2v) is 5.85. The van der Waals surface area contributed by atoms with Crippen molar-refractivity contribution in [2.75, 3.05) is 20.6 Å². The average molecular weight is 344 g/mol. The van der Waals surface area contributed by atoms with Crippen molar-refractivity contribution in [2.24, 2.45) is 0 Å². The molecule has 2 rings (SSSR count). The van der Waals surface area contributed by atoms with Gasteiger partial charge in [0.1, 0.15) is 0 Å². The monoisotopic (exact) mass is 344 g/mol. The van der Waals surface area contributed by atoms with Crippen LogP contribution in [0.1, 0.15) is 12.0 Å². The van der Waals surface area contributed by atoms with Gasteiger partial charge in [-0.15, -0.1) is 0 Å². The summed E-state index contributed by atoms with van der Waals surface area (Å²) >= 11 is 2.30. The molecule has 92 valence electrons. The van der Waals surface area contributed by atoms with Crippen molar-refractivity contribution in [3.8, 4) is 0 Å². The highest BCUT2D eigenvalue weighted by atomic mass is 127. The van der Waals surface area contributed by atoms with Crippen molar-refractivity contribution in [3.63, 3.8) is 0 Å². The van der Waals surface area contributed by atoms with E-state index in [1.165, 1.54) is 9.13 Å². The first-order valence-corrected chi connectivity index (χ1v) is 6.85. The Morgan fingerprint density at radius 2 is 2.06 bits per heavy atom. The van der Waals surface area contributed by atoms with Gasteiger partial charge in [0, 0.05) is 23.7 Å². The summed E-state index contributed by atoms with van der Waals surface area (Å²) in [5.74, 6) is 0.248. The highest BCUT2D eigenvalue weighted by Crippen LogP contribution is 2.17. The Bertz CT molecular complexity index is 404. The third kappa shape index (κ3) is 2.98. The Morgan fingerprint density at radius 1 is 1.41 bits per heavy atom. The zero-order chi connectivity index (χ0) is 12.4. The molecule has 1 unspecified atom stereocenters. The Morgan fingerprint density at radius 3 is 2.59 bits per heavy atom. The summed E-state index contributed by atoms with van der Waals surface area (Å²) < 4.78 is 1.24. The molecular formula is C13H17IN2O. The Hall–Kier alpha value is -0.620. The van der Waals surface area contributed by atoms with Gasteiger partial charge in [0.2, 0.25) is 5.91 Å². The van der Waals surface area contributed by atoms with Gasteiger partial charge in [-0.2, -0.15) is 0 Å². The third-order valence-electron chi connectivity index (χ3n) is 3.28. The molecule has 1 amide bonds. The van der Waals surface area contributed by atoms with Crippen molar-refractivity contribution in [1.29, 1.82) is 0 Å². The van der Waals surface area contributed by atoms with Crippen molar-refractivity contribution in [1.82, 2.24) is 9.80 Å². The number of halogens is 1. The highest BCUT2D eigenvalue weighted by molar-refractivity contribution is 14.1. The molecular weight excluding hydrogens is 327 g/mol. The van der Waals surface area contributed by atoms with Crippen LogP contribution in [-0.2, 0) is 11.3 Å². The van der Waals surface area contributed by atoms with Crippen LogP contribution in [0.3, 0.4) is 0 Å².